The van der Waals surface area contributed by atoms with Crippen molar-refractivity contribution < 1.29 is 0 Å². The van der Waals surface area contributed by atoms with Crippen LogP contribution in [0.15, 0.2) is 36.2 Å². The summed E-state index contributed by atoms with van der Waals surface area (Å²) < 4.78 is 0. The van der Waals surface area contributed by atoms with Gasteiger partial charge < -0.3 is 16.8 Å². The highest BCUT2D eigenvalue weighted by Gasteiger charge is 2.20. The highest BCUT2D eigenvalue weighted by Crippen LogP contribution is 2.35. The van der Waals surface area contributed by atoms with Gasteiger partial charge in [-0.3, -0.25) is 0 Å². The summed E-state index contributed by atoms with van der Waals surface area (Å²) in [6.07, 6.45) is 12.6. The van der Waals surface area contributed by atoms with Gasteiger partial charge in [0.15, 0.2) is 0 Å². The van der Waals surface area contributed by atoms with Crippen molar-refractivity contribution in [3.8, 4) is 0 Å². The molecule has 3 rings (SSSR count). The van der Waals surface area contributed by atoms with E-state index in [9.17, 15) is 0 Å². The molecule has 28 heavy (non-hydrogen) atoms. The average Bonchev–Trinajstić information content (AvgIpc) is 2.73. The monoisotopic (exact) mass is 387 g/mol. The number of hydrogen-bond donors (Lipinski definition) is 3. The Labute approximate surface area is 174 Å². The smallest absolute Gasteiger partial charge is 0.0293 e. The molecule has 1 aromatic rings. The third-order valence-electron chi connectivity index (χ3n) is 6.49. The lowest BCUT2D eigenvalue weighted by Crippen LogP contribution is -2.22. The summed E-state index contributed by atoms with van der Waals surface area (Å²) >= 11 is 0. The molecule has 2 saturated carbocycles. The fourth-order valence-electron chi connectivity index (χ4n) is 4.43. The van der Waals surface area contributed by atoms with Gasteiger partial charge in [-0.1, -0.05) is 69.4 Å². The van der Waals surface area contributed by atoms with Crippen molar-refractivity contribution in [2.75, 3.05) is 14.1 Å². The molecular weight excluding hydrogens is 342 g/mol. The molecule has 0 radical (unpaired) electrons. The summed E-state index contributed by atoms with van der Waals surface area (Å²) in [6, 6.07) is 9.12. The van der Waals surface area contributed by atoms with Crippen LogP contribution in [0.3, 0.4) is 0 Å². The Hall–Kier alpha value is -1.48. The average molecular weight is 388 g/mol. The van der Waals surface area contributed by atoms with Crippen LogP contribution in [0.2, 0.25) is 0 Å². The van der Waals surface area contributed by atoms with Crippen molar-refractivity contribution in [2.24, 2.45) is 29.2 Å². The van der Waals surface area contributed by atoms with Gasteiger partial charge in [-0.15, -0.1) is 0 Å². The fourth-order valence-corrected chi connectivity index (χ4v) is 4.43. The molecule has 2 fully saturated rings. The molecule has 2 aliphatic rings. The van der Waals surface area contributed by atoms with Crippen LogP contribution in [0, 0.1) is 24.7 Å². The third kappa shape index (κ3) is 8.26. The zero-order chi connectivity index (χ0) is 20.9. The minimum absolute atomic E-state index is 0.691. The van der Waals surface area contributed by atoms with Gasteiger partial charge in [0.25, 0.3) is 0 Å². The first-order valence-corrected chi connectivity index (χ1v) is 11.3. The van der Waals surface area contributed by atoms with Gasteiger partial charge in [-0.05, 0) is 63.0 Å². The van der Waals surface area contributed by atoms with Crippen molar-refractivity contribution in [1.82, 2.24) is 5.32 Å². The Kier molecular flexibility index (Phi) is 12.0. The summed E-state index contributed by atoms with van der Waals surface area (Å²) in [5, 5.41) is 3.17. The summed E-state index contributed by atoms with van der Waals surface area (Å²) in [5.74, 6) is 3.40. The second kappa shape index (κ2) is 13.7. The van der Waals surface area contributed by atoms with E-state index in [-0.39, 0.29) is 0 Å². The molecule has 3 heteroatoms. The number of allylic oxidation sites excluding steroid dienone is 1. The summed E-state index contributed by atoms with van der Waals surface area (Å²) in [5.41, 5.74) is 14.2. The molecule has 2 aliphatic carbocycles. The molecule has 0 aliphatic heterocycles. The minimum Gasteiger partial charge on any atom is -0.403 e. The number of benzene rings is 1. The van der Waals surface area contributed by atoms with Crippen LogP contribution in [-0.2, 0) is 0 Å². The van der Waals surface area contributed by atoms with Crippen LogP contribution in [-0.4, -0.2) is 14.1 Å². The first-order valence-electron chi connectivity index (χ1n) is 11.3. The number of hydrogen-bond acceptors (Lipinski definition) is 3. The van der Waals surface area contributed by atoms with Gasteiger partial charge in [0, 0.05) is 24.9 Å². The van der Waals surface area contributed by atoms with Crippen molar-refractivity contribution in [1.29, 1.82) is 0 Å². The maximum atomic E-state index is 5.52. The Bertz CT molecular complexity index is 533. The van der Waals surface area contributed by atoms with Crippen molar-refractivity contribution in [3.63, 3.8) is 0 Å². The lowest BCUT2D eigenvalue weighted by Gasteiger charge is -2.27. The van der Waals surface area contributed by atoms with Gasteiger partial charge in [0.05, 0.1) is 0 Å². The van der Waals surface area contributed by atoms with Gasteiger partial charge in [0.1, 0.15) is 0 Å². The van der Waals surface area contributed by atoms with E-state index < -0.39 is 0 Å². The van der Waals surface area contributed by atoms with Gasteiger partial charge in [-0.2, -0.15) is 0 Å². The van der Waals surface area contributed by atoms with Crippen molar-refractivity contribution in [2.45, 2.75) is 78.1 Å². The minimum atomic E-state index is 0.691. The molecular formula is C25H45N3. The SMILES string of the molecule is CN.CN/C(=C\N)C1CCC(C)CC1.Cc1ccc(C2CCC(C)CC2)cc1. The zero-order valence-corrected chi connectivity index (χ0v) is 19.0. The van der Waals surface area contributed by atoms with Gasteiger partial charge in [0.2, 0.25) is 0 Å². The van der Waals surface area contributed by atoms with E-state index in [1.165, 1.54) is 69.7 Å². The van der Waals surface area contributed by atoms with E-state index in [0.717, 1.165) is 17.8 Å². The van der Waals surface area contributed by atoms with E-state index in [4.69, 9.17) is 5.73 Å². The lowest BCUT2D eigenvalue weighted by atomic mass is 9.79. The quantitative estimate of drug-likeness (QED) is 0.623. The van der Waals surface area contributed by atoms with Crippen LogP contribution in [0.1, 0.15) is 82.3 Å². The number of nitrogens with one attached hydrogen (secondary N) is 1. The second-order valence-electron chi connectivity index (χ2n) is 8.70. The van der Waals surface area contributed by atoms with Crippen LogP contribution in [0.25, 0.3) is 0 Å². The zero-order valence-electron chi connectivity index (χ0n) is 19.0. The van der Waals surface area contributed by atoms with E-state index in [2.05, 4.69) is 56.1 Å². The highest BCUT2D eigenvalue weighted by molar-refractivity contribution is 5.24. The van der Waals surface area contributed by atoms with E-state index in [0.29, 0.717) is 5.92 Å². The molecule has 0 bridgehead atoms. The maximum absolute atomic E-state index is 5.52. The van der Waals surface area contributed by atoms with E-state index in [1.54, 1.807) is 11.8 Å². The molecule has 0 aromatic heterocycles. The molecule has 3 nitrogen and oxygen atoms in total. The standard InChI is InChI=1S/C14H20.C10H20N2.CH5N/c1-11-3-7-13(8-4-11)14-9-5-12(2)6-10-14;1-8-3-5-9(6-4-8)10(7-11)12-2;1-2/h3-4,7-8,12,14H,5-6,9-10H2,1-2H3;7-9,12H,3-6,11H2,1-2H3;2H2,1H3/b;10-7-;. The lowest BCUT2D eigenvalue weighted by molar-refractivity contribution is 0.313. The molecule has 0 unspecified atom stereocenters. The number of rotatable bonds is 3. The molecule has 0 heterocycles. The Morgan fingerprint density at radius 3 is 1.75 bits per heavy atom. The first-order chi connectivity index (χ1) is 13.5. The van der Waals surface area contributed by atoms with Crippen molar-refractivity contribution in [3.05, 3.63) is 47.3 Å². The molecule has 160 valence electrons. The highest BCUT2D eigenvalue weighted by atomic mass is 14.9. The summed E-state index contributed by atoms with van der Waals surface area (Å²) in [4.78, 5) is 0. The predicted molar refractivity (Wildman–Crippen MR) is 124 cm³/mol. The van der Waals surface area contributed by atoms with Crippen LogP contribution in [0.5, 0.6) is 0 Å². The summed E-state index contributed by atoms with van der Waals surface area (Å²) in [7, 11) is 3.46. The molecule has 0 spiro atoms. The van der Waals surface area contributed by atoms with Crippen LogP contribution in [0.4, 0.5) is 0 Å². The van der Waals surface area contributed by atoms with E-state index >= 15 is 0 Å². The first kappa shape index (κ1) is 24.6. The number of nitrogens with two attached hydrogens (primary N) is 2. The Balaban J connectivity index is 0.000000260. The van der Waals surface area contributed by atoms with Gasteiger partial charge in [-0.25, -0.2) is 0 Å². The topological polar surface area (TPSA) is 64.1 Å². The number of aryl methyl sites for hydroxylation is 1. The third-order valence-corrected chi connectivity index (χ3v) is 6.49. The Morgan fingerprint density at radius 2 is 1.32 bits per heavy atom. The van der Waals surface area contributed by atoms with Gasteiger partial charge >= 0.3 is 0 Å². The predicted octanol–water partition coefficient (Wildman–Crippen LogP) is 5.70. The fraction of sp³-hybridized carbons (Fsp3) is 0.680. The second-order valence-corrected chi connectivity index (χ2v) is 8.70. The molecule has 0 amide bonds. The largest absolute Gasteiger partial charge is 0.403 e. The molecule has 0 atom stereocenters. The van der Waals surface area contributed by atoms with Crippen LogP contribution >= 0.6 is 0 Å². The van der Waals surface area contributed by atoms with Crippen LogP contribution < -0.4 is 16.8 Å². The van der Waals surface area contributed by atoms with Crippen molar-refractivity contribution >= 4 is 0 Å². The Morgan fingerprint density at radius 1 is 0.857 bits per heavy atom. The maximum Gasteiger partial charge on any atom is 0.0293 e. The summed E-state index contributed by atoms with van der Waals surface area (Å²) in [6.45, 7) is 6.87. The van der Waals surface area contributed by atoms with E-state index in [1.807, 2.05) is 7.05 Å². The normalized spacial score (nSPS) is 27.6. The molecule has 5 N–H and O–H groups in total. The molecule has 0 saturated heterocycles. The molecule has 1 aromatic carbocycles.